The number of benzene rings is 4. The van der Waals surface area contributed by atoms with E-state index < -0.39 is 0 Å². The van der Waals surface area contributed by atoms with Crippen molar-refractivity contribution in [1.82, 2.24) is 0 Å². The molecule has 0 spiro atoms. The quantitative estimate of drug-likeness (QED) is 0.222. The summed E-state index contributed by atoms with van der Waals surface area (Å²) in [6, 6.07) is 42.9. The van der Waals surface area contributed by atoms with Gasteiger partial charge < -0.3 is 0 Å². The molecule has 32 heavy (non-hydrogen) atoms. The average Bonchev–Trinajstić information content (AvgIpc) is 2.89. The normalized spacial score (nSPS) is 20.4. The first-order valence-electron chi connectivity index (χ1n) is 10.9. The fraction of sp³-hybridized carbons (Fsp3) is 0.100. The Balaban J connectivity index is 1.69. The van der Waals surface area contributed by atoms with E-state index in [1.165, 1.54) is 21.6 Å². The molecule has 0 aromatic heterocycles. The lowest BCUT2D eigenvalue weighted by atomic mass is 9.77. The van der Waals surface area contributed by atoms with E-state index in [0.717, 1.165) is 10.4 Å². The van der Waals surface area contributed by atoms with Crippen LogP contribution in [-0.2, 0) is 0 Å². The minimum Gasteiger partial charge on any atom is -0.117 e. The molecule has 0 N–H and O–H groups in total. The Morgan fingerprint density at radius 2 is 1.09 bits per heavy atom. The van der Waals surface area contributed by atoms with Crippen LogP contribution in [0.15, 0.2) is 127 Å². The molecule has 0 nitrogen and oxygen atoms in total. The van der Waals surface area contributed by atoms with Gasteiger partial charge in [0.25, 0.3) is 0 Å². The summed E-state index contributed by atoms with van der Waals surface area (Å²) in [6.45, 7) is 0. The van der Waals surface area contributed by atoms with E-state index in [-0.39, 0.29) is 17.1 Å². The van der Waals surface area contributed by atoms with Crippen LogP contribution in [0.25, 0.3) is 4.91 Å². The van der Waals surface area contributed by atoms with E-state index in [9.17, 15) is 0 Å². The number of rotatable bonds is 5. The summed E-state index contributed by atoms with van der Waals surface area (Å²) >= 11 is 8.15. The summed E-state index contributed by atoms with van der Waals surface area (Å²) in [5, 5.41) is 0.231. The van der Waals surface area contributed by atoms with E-state index in [0.29, 0.717) is 0 Å². The van der Waals surface area contributed by atoms with Gasteiger partial charge in [0, 0.05) is 26.9 Å². The van der Waals surface area contributed by atoms with Crippen LogP contribution < -0.4 is 0 Å². The van der Waals surface area contributed by atoms with Crippen molar-refractivity contribution in [3.05, 3.63) is 150 Å². The molecule has 0 fully saturated rings. The van der Waals surface area contributed by atoms with Gasteiger partial charge in [-0.25, -0.2) is 0 Å². The van der Waals surface area contributed by atoms with Gasteiger partial charge in [0.15, 0.2) is 0 Å². The maximum atomic E-state index is 6.21. The Hall–Kier alpha value is -2.94. The zero-order valence-electron chi connectivity index (χ0n) is 17.7. The van der Waals surface area contributed by atoms with Crippen molar-refractivity contribution >= 4 is 33.7 Å². The second kappa shape index (κ2) is 9.68. The highest BCUT2D eigenvalue weighted by Gasteiger charge is 2.39. The van der Waals surface area contributed by atoms with E-state index in [1.807, 2.05) is 11.8 Å². The monoisotopic (exact) mass is 448 g/mol. The van der Waals surface area contributed by atoms with Crippen molar-refractivity contribution in [2.75, 3.05) is 0 Å². The largest absolute Gasteiger partial charge is 0.117 e. The predicted molar refractivity (Wildman–Crippen MR) is 142 cm³/mol. The van der Waals surface area contributed by atoms with Gasteiger partial charge >= 0.3 is 0 Å². The second-order valence-electron chi connectivity index (χ2n) is 8.04. The number of hydrogen-bond donors (Lipinski definition) is 0. The third-order valence-corrected chi connectivity index (χ3v) is 7.98. The topological polar surface area (TPSA) is 0 Å². The van der Waals surface area contributed by atoms with Gasteiger partial charge in [-0.3, -0.25) is 0 Å². The molecule has 0 amide bonds. The van der Waals surface area contributed by atoms with Crippen LogP contribution in [0.1, 0.15) is 33.4 Å². The van der Waals surface area contributed by atoms with E-state index in [4.69, 9.17) is 12.2 Å². The predicted octanol–water partition coefficient (Wildman–Crippen LogP) is 8.33. The van der Waals surface area contributed by atoms with Gasteiger partial charge in [0.2, 0.25) is 0 Å². The first kappa shape index (κ1) is 20.9. The maximum absolute atomic E-state index is 6.21. The Bertz CT molecular complexity index is 1200. The molecule has 3 unspecified atom stereocenters. The first-order valence-corrected chi connectivity index (χ1v) is 12.2. The highest BCUT2D eigenvalue weighted by atomic mass is 32.2. The fourth-order valence-corrected chi connectivity index (χ4v) is 6.48. The van der Waals surface area contributed by atoms with Crippen LogP contribution in [-0.4, -0.2) is 4.86 Å². The molecule has 0 saturated carbocycles. The van der Waals surface area contributed by atoms with Crippen molar-refractivity contribution < 1.29 is 0 Å². The molecular formula is C30H24S2. The molecule has 1 aliphatic rings. The van der Waals surface area contributed by atoms with Crippen LogP contribution in [0.5, 0.6) is 0 Å². The zero-order valence-corrected chi connectivity index (χ0v) is 19.3. The van der Waals surface area contributed by atoms with Crippen molar-refractivity contribution in [3.63, 3.8) is 0 Å². The summed E-state index contributed by atoms with van der Waals surface area (Å²) in [5.74, 6) is 0.375. The van der Waals surface area contributed by atoms with Crippen molar-refractivity contribution in [2.24, 2.45) is 5.92 Å². The first-order chi connectivity index (χ1) is 15.8. The highest BCUT2D eigenvalue weighted by Crippen LogP contribution is 2.55. The van der Waals surface area contributed by atoms with E-state index in [1.54, 1.807) is 0 Å². The fourth-order valence-electron chi connectivity index (χ4n) is 4.46. The number of hydrogen-bond acceptors (Lipinski definition) is 2. The lowest BCUT2D eigenvalue weighted by Crippen LogP contribution is -2.28. The summed E-state index contributed by atoms with van der Waals surface area (Å²) in [5.41, 5.74) is 5.05. The van der Waals surface area contributed by atoms with Crippen molar-refractivity contribution in [3.8, 4) is 0 Å². The molecule has 3 atom stereocenters. The van der Waals surface area contributed by atoms with Crippen molar-refractivity contribution in [2.45, 2.75) is 11.2 Å². The minimum atomic E-state index is 0.176. The van der Waals surface area contributed by atoms with Gasteiger partial charge in [-0.15, -0.1) is 11.8 Å². The summed E-state index contributed by atoms with van der Waals surface area (Å²) in [4.78, 5) is 2.35. The van der Waals surface area contributed by atoms with Crippen LogP contribution in [0.4, 0.5) is 0 Å². The zero-order chi connectivity index (χ0) is 21.8. The number of thioether (sulfide) groups is 1. The molecule has 4 aromatic rings. The number of allylic oxidation sites excluding steroid dienone is 1. The van der Waals surface area contributed by atoms with E-state index in [2.05, 4.69) is 127 Å². The lowest BCUT2D eigenvalue weighted by Gasteiger charge is -2.38. The summed E-state index contributed by atoms with van der Waals surface area (Å²) in [6.07, 6.45) is 2.44. The molecule has 5 rings (SSSR count). The average molecular weight is 449 g/mol. The van der Waals surface area contributed by atoms with Gasteiger partial charge in [0.1, 0.15) is 0 Å². The molecule has 1 aliphatic heterocycles. The Kier molecular flexibility index (Phi) is 6.34. The molecular weight excluding hydrogens is 424 g/mol. The van der Waals surface area contributed by atoms with Gasteiger partial charge in [0.05, 0.1) is 0 Å². The summed E-state index contributed by atoms with van der Waals surface area (Å²) in [7, 11) is 0. The Morgan fingerprint density at radius 1 is 0.594 bits per heavy atom. The third-order valence-electron chi connectivity index (χ3n) is 6.03. The Labute approximate surface area is 200 Å². The molecule has 0 bridgehead atoms. The molecule has 0 radical (unpaired) electrons. The van der Waals surface area contributed by atoms with Crippen molar-refractivity contribution in [1.29, 1.82) is 0 Å². The van der Waals surface area contributed by atoms with Gasteiger partial charge in [-0.2, -0.15) is 0 Å². The van der Waals surface area contributed by atoms with Crippen LogP contribution >= 0.6 is 24.0 Å². The maximum Gasteiger partial charge on any atom is 0.0430 e. The SMILES string of the molecule is S=C(c1ccccc1)C1C(c2ccccc2)C=C(c2ccccc2)SC1c1ccccc1. The molecule has 156 valence electrons. The molecule has 1 heterocycles. The summed E-state index contributed by atoms with van der Waals surface area (Å²) < 4.78 is 0. The molecule has 2 heteroatoms. The third kappa shape index (κ3) is 4.34. The van der Waals surface area contributed by atoms with Gasteiger partial charge in [-0.05, 0) is 22.3 Å². The molecule has 0 aliphatic carbocycles. The Morgan fingerprint density at radius 3 is 1.69 bits per heavy atom. The smallest absolute Gasteiger partial charge is 0.0430 e. The second-order valence-corrected chi connectivity index (χ2v) is 9.66. The van der Waals surface area contributed by atoms with Gasteiger partial charge in [-0.1, -0.05) is 140 Å². The molecule has 4 aromatic carbocycles. The number of thiocarbonyl (C=S) groups is 1. The van der Waals surface area contributed by atoms with Crippen LogP contribution in [0, 0.1) is 5.92 Å². The van der Waals surface area contributed by atoms with E-state index >= 15 is 0 Å². The minimum absolute atomic E-state index is 0.176. The lowest BCUT2D eigenvalue weighted by molar-refractivity contribution is 0.608. The van der Waals surface area contributed by atoms with Crippen LogP contribution in [0.3, 0.4) is 0 Å². The highest BCUT2D eigenvalue weighted by molar-refractivity contribution is 8.08. The van der Waals surface area contributed by atoms with Crippen LogP contribution in [0.2, 0.25) is 0 Å². The molecule has 0 saturated heterocycles. The standard InChI is InChI=1S/C30H24S2/c31-29(24-17-9-3-10-18-24)28-26(22-13-5-1-6-14-22)21-27(23-15-7-2-8-16-23)32-30(28)25-19-11-4-12-20-25/h1-21,26,28,30H.